The molecule has 26 heavy (non-hydrogen) atoms. The molecule has 0 aliphatic rings. The Kier molecular flexibility index (Phi) is 6.61. The number of hydrogen-bond donors (Lipinski definition) is 2. The van der Waals surface area contributed by atoms with Crippen molar-refractivity contribution in [2.75, 3.05) is 18.5 Å². The fourth-order valence-corrected chi connectivity index (χ4v) is 2.06. The van der Waals surface area contributed by atoms with Crippen molar-refractivity contribution < 1.29 is 19.1 Å². The zero-order valence-electron chi connectivity index (χ0n) is 14.3. The van der Waals surface area contributed by atoms with Gasteiger partial charge in [0.05, 0.1) is 12.2 Å². The third kappa shape index (κ3) is 5.01. The summed E-state index contributed by atoms with van der Waals surface area (Å²) in [5.74, 6) is -1.21. The Labute approximate surface area is 151 Å². The first-order chi connectivity index (χ1) is 12.5. The fourth-order valence-electron chi connectivity index (χ4n) is 2.06. The molecule has 0 fully saturated rings. The molecule has 2 aromatic rings. The number of nitrogens with one attached hydrogen (secondary N) is 2. The highest BCUT2D eigenvalue weighted by Gasteiger charge is 2.12. The van der Waals surface area contributed by atoms with Crippen molar-refractivity contribution in [1.29, 1.82) is 0 Å². The predicted octanol–water partition coefficient (Wildman–Crippen LogP) is 2.43. The van der Waals surface area contributed by atoms with Gasteiger partial charge in [0.15, 0.2) is 0 Å². The van der Waals surface area contributed by atoms with Gasteiger partial charge in [-0.2, -0.15) is 0 Å². The summed E-state index contributed by atoms with van der Waals surface area (Å²) in [5.41, 5.74) is 1.34. The molecule has 0 bridgehead atoms. The summed E-state index contributed by atoms with van der Waals surface area (Å²) in [6.07, 6.45) is 2.94. The Morgan fingerprint density at radius 1 is 1.12 bits per heavy atom. The van der Waals surface area contributed by atoms with Gasteiger partial charge in [-0.1, -0.05) is 6.08 Å². The molecule has 0 saturated carbocycles. The van der Waals surface area contributed by atoms with E-state index in [4.69, 9.17) is 4.74 Å². The van der Waals surface area contributed by atoms with Gasteiger partial charge in [0, 0.05) is 24.0 Å². The summed E-state index contributed by atoms with van der Waals surface area (Å²) in [5, 5.41) is 5.30. The highest BCUT2D eigenvalue weighted by Crippen LogP contribution is 2.13. The summed E-state index contributed by atoms with van der Waals surface area (Å²) in [4.78, 5) is 39.8. The van der Waals surface area contributed by atoms with Gasteiger partial charge >= 0.3 is 5.97 Å². The SMILES string of the molecule is C=CCNC(=O)c1cc(C(=O)Nc2ccc(C(=O)OCC)cc2)ccn1. The van der Waals surface area contributed by atoms with Crippen LogP contribution in [0.15, 0.2) is 55.3 Å². The molecule has 0 unspecified atom stereocenters. The van der Waals surface area contributed by atoms with Crippen LogP contribution in [-0.4, -0.2) is 35.9 Å². The normalized spacial score (nSPS) is 9.88. The molecule has 7 heteroatoms. The quantitative estimate of drug-likeness (QED) is 0.588. The van der Waals surface area contributed by atoms with Crippen LogP contribution in [0.3, 0.4) is 0 Å². The number of nitrogens with zero attached hydrogens (tertiary/aromatic N) is 1. The number of benzene rings is 1. The van der Waals surface area contributed by atoms with Gasteiger partial charge in [0.25, 0.3) is 11.8 Å². The molecule has 2 N–H and O–H groups in total. The van der Waals surface area contributed by atoms with E-state index in [1.807, 2.05) is 0 Å². The van der Waals surface area contributed by atoms with Crippen molar-refractivity contribution >= 4 is 23.5 Å². The van der Waals surface area contributed by atoms with Crippen LogP contribution < -0.4 is 10.6 Å². The molecule has 1 aromatic heterocycles. The van der Waals surface area contributed by atoms with Gasteiger partial charge < -0.3 is 15.4 Å². The fraction of sp³-hybridized carbons (Fsp3) is 0.158. The number of hydrogen-bond acceptors (Lipinski definition) is 5. The number of aromatic nitrogens is 1. The number of ether oxygens (including phenoxy) is 1. The zero-order valence-corrected chi connectivity index (χ0v) is 14.3. The lowest BCUT2D eigenvalue weighted by Crippen LogP contribution is -2.24. The highest BCUT2D eigenvalue weighted by atomic mass is 16.5. The van der Waals surface area contributed by atoms with Crippen LogP contribution in [0.25, 0.3) is 0 Å². The molecule has 0 aliphatic heterocycles. The topological polar surface area (TPSA) is 97.4 Å². The lowest BCUT2D eigenvalue weighted by Gasteiger charge is -2.08. The van der Waals surface area contributed by atoms with Crippen molar-refractivity contribution in [3.8, 4) is 0 Å². The molecule has 0 atom stereocenters. The minimum Gasteiger partial charge on any atom is -0.462 e. The van der Waals surface area contributed by atoms with E-state index in [0.717, 1.165) is 0 Å². The molecule has 1 heterocycles. The third-order valence-corrected chi connectivity index (χ3v) is 3.32. The number of esters is 1. The Balaban J connectivity index is 2.06. The molecule has 0 radical (unpaired) electrons. The van der Waals surface area contributed by atoms with Crippen LogP contribution in [0.1, 0.15) is 38.1 Å². The number of amides is 2. The van der Waals surface area contributed by atoms with E-state index in [1.54, 1.807) is 37.3 Å². The highest BCUT2D eigenvalue weighted by molar-refractivity contribution is 6.05. The Bertz CT molecular complexity index is 816. The second kappa shape index (κ2) is 9.12. The van der Waals surface area contributed by atoms with E-state index in [-0.39, 0.29) is 5.69 Å². The number of rotatable bonds is 7. The Hall–Kier alpha value is -3.48. The molecule has 0 aliphatic carbocycles. The maximum atomic E-state index is 12.3. The van der Waals surface area contributed by atoms with Crippen molar-refractivity contribution in [3.63, 3.8) is 0 Å². The van der Waals surface area contributed by atoms with E-state index in [9.17, 15) is 14.4 Å². The number of carbonyl (C=O) groups is 3. The molecule has 7 nitrogen and oxygen atoms in total. The van der Waals surface area contributed by atoms with Crippen LogP contribution in [0.5, 0.6) is 0 Å². The van der Waals surface area contributed by atoms with Crippen LogP contribution >= 0.6 is 0 Å². The van der Waals surface area contributed by atoms with Crippen molar-refractivity contribution in [2.45, 2.75) is 6.92 Å². The van der Waals surface area contributed by atoms with Gasteiger partial charge in [-0.25, -0.2) is 4.79 Å². The summed E-state index contributed by atoms with van der Waals surface area (Å²) >= 11 is 0. The molecular formula is C19H19N3O4. The second-order valence-electron chi connectivity index (χ2n) is 5.18. The molecule has 2 amide bonds. The predicted molar refractivity (Wildman–Crippen MR) is 97.1 cm³/mol. The average molecular weight is 353 g/mol. The van der Waals surface area contributed by atoms with E-state index in [1.165, 1.54) is 18.3 Å². The minimum absolute atomic E-state index is 0.136. The standard InChI is InChI=1S/C19H19N3O4/c1-3-10-21-18(24)16-12-14(9-11-20-16)17(23)22-15-7-5-13(6-8-15)19(25)26-4-2/h3,5-9,11-12H,1,4,10H2,2H3,(H,21,24)(H,22,23). The van der Waals surface area contributed by atoms with Gasteiger partial charge in [-0.05, 0) is 43.3 Å². The van der Waals surface area contributed by atoms with Crippen LogP contribution in [0, 0.1) is 0 Å². The van der Waals surface area contributed by atoms with Crippen molar-refractivity contribution in [3.05, 3.63) is 72.1 Å². The van der Waals surface area contributed by atoms with Crippen LogP contribution in [-0.2, 0) is 4.74 Å². The van der Waals surface area contributed by atoms with Crippen molar-refractivity contribution in [2.24, 2.45) is 0 Å². The summed E-state index contributed by atoms with van der Waals surface area (Å²) in [6, 6.07) is 9.24. The molecular weight excluding hydrogens is 334 g/mol. The smallest absolute Gasteiger partial charge is 0.338 e. The van der Waals surface area contributed by atoms with Gasteiger partial charge in [-0.15, -0.1) is 6.58 Å². The summed E-state index contributed by atoms with van der Waals surface area (Å²) in [6.45, 7) is 5.85. The van der Waals surface area contributed by atoms with E-state index < -0.39 is 17.8 Å². The first-order valence-corrected chi connectivity index (χ1v) is 7.98. The maximum Gasteiger partial charge on any atom is 0.338 e. The molecule has 134 valence electrons. The number of anilines is 1. The Morgan fingerprint density at radius 2 is 1.85 bits per heavy atom. The first kappa shape index (κ1) is 18.9. The average Bonchev–Trinajstić information content (AvgIpc) is 2.67. The minimum atomic E-state index is -0.422. The molecule has 0 saturated heterocycles. The zero-order chi connectivity index (χ0) is 18.9. The van der Waals surface area contributed by atoms with Crippen molar-refractivity contribution in [1.82, 2.24) is 10.3 Å². The van der Waals surface area contributed by atoms with E-state index in [2.05, 4.69) is 22.2 Å². The number of pyridine rings is 1. The second-order valence-corrected chi connectivity index (χ2v) is 5.18. The molecule has 0 spiro atoms. The van der Waals surface area contributed by atoms with Gasteiger partial charge in [-0.3, -0.25) is 14.6 Å². The molecule has 2 rings (SSSR count). The van der Waals surface area contributed by atoms with Crippen LogP contribution in [0.2, 0.25) is 0 Å². The maximum absolute atomic E-state index is 12.3. The Morgan fingerprint density at radius 3 is 2.50 bits per heavy atom. The lowest BCUT2D eigenvalue weighted by atomic mass is 10.2. The van der Waals surface area contributed by atoms with E-state index >= 15 is 0 Å². The largest absolute Gasteiger partial charge is 0.462 e. The first-order valence-electron chi connectivity index (χ1n) is 7.98. The van der Waals surface area contributed by atoms with Crippen LogP contribution in [0.4, 0.5) is 5.69 Å². The number of carbonyl (C=O) groups excluding carboxylic acids is 3. The van der Waals surface area contributed by atoms with Gasteiger partial charge in [0.1, 0.15) is 5.69 Å². The summed E-state index contributed by atoms with van der Waals surface area (Å²) < 4.78 is 4.90. The lowest BCUT2D eigenvalue weighted by molar-refractivity contribution is 0.0526. The van der Waals surface area contributed by atoms with E-state index in [0.29, 0.717) is 30.0 Å². The third-order valence-electron chi connectivity index (χ3n) is 3.32. The monoisotopic (exact) mass is 353 g/mol. The van der Waals surface area contributed by atoms with Gasteiger partial charge in [0.2, 0.25) is 0 Å². The molecule has 1 aromatic carbocycles. The summed E-state index contributed by atoms with van der Waals surface area (Å²) in [7, 11) is 0.